The second-order valence-corrected chi connectivity index (χ2v) is 8.08. The van der Waals surface area contributed by atoms with Gasteiger partial charge in [0.2, 0.25) is 10.0 Å². The maximum atomic E-state index is 12.0. The van der Waals surface area contributed by atoms with Crippen molar-refractivity contribution in [1.82, 2.24) is 4.41 Å². The van der Waals surface area contributed by atoms with Gasteiger partial charge in [0.15, 0.2) is 0 Å². The fraction of sp³-hybridized carbons (Fsp3) is 0.214. The van der Waals surface area contributed by atoms with Crippen LogP contribution in [0.2, 0.25) is 5.02 Å². The molecule has 1 aromatic carbocycles. The summed E-state index contributed by atoms with van der Waals surface area (Å²) in [5, 5.41) is 6.91. The standard InChI is InChI=1S/C14H13ClN2O2S2/c1-21(18,19)17-13(14-3-2-8-20-14)9-12(16-17)10-4-6-11(15)7-5-10/h2-8,13H,9H2,1H3/t13-/m1/s1. The molecule has 0 N–H and O–H groups in total. The molecule has 0 unspecified atom stereocenters. The molecule has 0 amide bonds. The minimum Gasteiger partial charge on any atom is -0.205 e. The maximum Gasteiger partial charge on any atom is 0.247 e. The predicted octanol–water partition coefficient (Wildman–Crippen LogP) is 3.51. The van der Waals surface area contributed by atoms with Crippen LogP contribution in [0.4, 0.5) is 0 Å². The number of sulfonamides is 1. The van der Waals surface area contributed by atoms with E-state index in [1.807, 2.05) is 29.6 Å². The third-order valence-electron chi connectivity index (χ3n) is 3.26. The molecule has 2 aromatic rings. The van der Waals surface area contributed by atoms with Gasteiger partial charge >= 0.3 is 0 Å². The fourth-order valence-corrected chi connectivity index (χ4v) is 4.21. The number of nitrogens with zero attached hydrogens (tertiary/aromatic N) is 2. The Morgan fingerprint density at radius 1 is 1.29 bits per heavy atom. The van der Waals surface area contributed by atoms with Crippen molar-refractivity contribution in [3.05, 3.63) is 57.2 Å². The van der Waals surface area contributed by atoms with Crippen LogP contribution >= 0.6 is 22.9 Å². The summed E-state index contributed by atoms with van der Waals surface area (Å²) in [6.07, 6.45) is 1.75. The first-order chi connectivity index (χ1) is 9.95. The first-order valence-corrected chi connectivity index (χ1v) is 9.42. The number of thiophene rings is 1. The number of hydrogen-bond acceptors (Lipinski definition) is 4. The summed E-state index contributed by atoms with van der Waals surface area (Å²) in [4.78, 5) is 0.994. The number of halogens is 1. The molecule has 0 spiro atoms. The molecule has 110 valence electrons. The molecular weight excluding hydrogens is 328 g/mol. The number of hydrazone groups is 1. The maximum absolute atomic E-state index is 12.0. The molecule has 0 radical (unpaired) electrons. The molecule has 7 heteroatoms. The van der Waals surface area contributed by atoms with Crippen LogP contribution in [0.15, 0.2) is 46.9 Å². The highest BCUT2D eigenvalue weighted by atomic mass is 35.5. The zero-order valence-corrected chi connectivity index (χ0v) is 13.6. The summed E-state index contributed by atoms with van der Waals surface area (Å²) < 4.78 is 25.2. The molecule has 0 bridgehead atoms. The minimum absolute atomic E-state index is 0.259. The molecule has 2 heterocycles. The monoisotopic (exact) mass is 340 g/mol. The molecule has 1 aliphatic rings. The second-order valence-electron chi connectivity index (χ2n) is 4.82. The fourth-order valence-electron chi connectivity index (χ4n) is 2.30. The van der Waals surface area contributed by atoms with E-state index < -0.39 is 10.0 Å². The lowest BCUT2D eigenvalue weighted by molar-refractivity contribution is 0.379. The summed E-state index contributed by atoms with van der Waals surface area (Å²) in [7, 11) is -3.40. The quantitative estimate of drug-likeness (QED) is 0.858. The van der Waals surface area contributed by atoms with Gasteiger partial charge in [0.1, 0.15) is 6.04 Å². The van der Waals surface area contributed by atoms with Crippen molar-refractivity contribution in [3.63, 3.8) is 0 Å². The van der Waals surface area contributed by atoms with Crippen LogP contribution in [0.3, 0.4) is 0 Å². The van der Waals surface area contributed by atoms with Gasteiger partial charge in [0, 0.05) is 16.3 Å². The molecule has 4 nitrogen and oxygen atoms in total. The summed E-state index contributed by atoms with van der Waals surface area (Å²) in [6.45, 7) is 0. The Bertz CT molecular complexity index is 768. The van der Waals surface area contributed by atoms with Gasteiger partial charge in [-0.3, -0.25) is 0 Å². The Labute approximate surface area is 132 Å². The van der Waals surface area contributed by atoms with Crippen LogP contribution in [0, 0.1) is 0 Å². The Kier molecular flexibility index (Phi) is 3.77. The van der Waals surface area contributed by atoms with Gasteiger partial charge in [-0.2, -0.15) is 9.52 Å². The zero-order chi connectivity index (χ0) is 15.0. The molecule has 1 aliphatic heterocycles. The number of benzene rings is 1. The van der Waals surface area contributed by atoms with Gasteiger partial charge in [0.05, 0.1) is 12.0 Å². The van der Waals surface area contributed by atoms with Gasteiger partial charge in [0.25, 0.3) is 0 Å². The molecular formula is C14H13ClN2O2S2. The Morgan fingerprint density at radius 2 is 2.00 bits per heavy atom. The normalized spacial score (nSPS) is 18.9. The number of hydrogen-bond donors (Lipinski definition) is 0. The molecule has 1 atom stereocenters. The Morgan fingerprint density at radius 3 is 2.57 bits per heavy atom. The van der Waals surface area contributed by atoms with Crippen molar-refractivity contribution in [1.29, 1.82) is 0 Å². The van der Waals surface area contributed by atoms with Gasteiger partial charge in [-0.15, -0.1) is 11.3 Å². The average molecular weight is 341 g/mol. The van der Waals surface area contributed by atoms with Crippen molar-refractivity contribution in [2.75, 3.05) is 6.26 Å². The third kappa shape index (κ3) is 2.97. The smallest absolute Gasteiger partial charge is 0.205 e. The van der Waals surface area contributed by atoms with Crippen LogP contribution in [0.5, 0.6) is 0 Å². The lowest BCUT2D eigenvalue weighted by atomic mass is 10.0. The van der Waals surface area contributed by atoms with E-state index in [0.29, 0.717) is 11.4 Å². The topological polar surface area (TPSA) is 49.7 Å². The van der Waals surface area contributed by atoms with Crippen LogP contribution in [0.1, 0.15) is 22.9 Å². The van der Waals surface area contributed by atoms with E-state index in [2.05, 4.69) is 5.10 Å². The lowest BCUT2D eigenvalue weighted by Gasteiger charge is -2.19. The van der Waals surface area contributed by atoms with Gasteiger partial charge < -0.3 is 0 Å². The molecule has 1 aromatic heterocycles. The van der Waals surface area contributed by atoms with Crippen molar-refractivity contribution in [2.24, 2.45) is 5.10 Å². The molecule has 21 heavy (non-hydrogen) atoms. The van der Waals surface area contributed by atoms with E-state index in [9.17, 15) is 8.42 Å². The van der Waals surface area contributed by atoms with Crippen molar-refractivity contribution < 1.29 is 8.42 Å². The molecule has 0 saturated heterocycles. The summed E-state index contributed by atoms with van der Waals surface area (Å²) in [5.74, 6) is 0. The summed E-state index contributed by atoms with van der Waals surface area (Å²) in [5.41, 5.74) is 1.66. The minimum atomic E-state index is -3.40. The van der Waals surface area contributed by atoms with Gasteiger partial charge in [-0.25, -0.2) is 8.42 Å². The molecule has 3 rings (SSSR count). The predicted molar refractivity (Wildman–Crippen MR) is 86.3 cm³/mol. The van der Waals surface area contributed by atoms with Crippen molar-refractivity contribution in [2.45, 2.75) is 12.5 Å². The highest BCUT2D eigenvalue weighted by Gasteiger charge is 2.34. The largest absolute Gasteiger partial charge is 0.247 e. The highest BCUT2D eigenvalue weighted by Crippen LogP contribution is 2.36. The van der Waals surface area contributed by atoms with Gasteiger partial charge in [-0.05, 0) is 29.1 Å². The summed E-state index contributed by atoms with van der Waals surface area (Å²) in [6, 6.07) is 10.9. The average Bonchev–Trinajstić information content (AvgIpc) is 3.07. The van der Waals surface area contributed by atoms with Crippen LogP contribution in [-0.4, -0.2) is 24.8 Å². The lowest BCUT2D eigenvalue weighted by Crippen LogP contribution is -2.25. The molecule has 0 fully saturated rings. The van der Waals surface area contributed by atoms with Crippen molar-refractivity contribution in [3.8, 4) is 0 Å². The van der Waals surface area contributed by atoms with Crippen molar-refractivity contribution >= 4 is 38.7 Å². The SMILES string of the molecule is CS(=O)(=O)N1N=C(c2ccc(Cl)cc2)C[C@@H]1c1cccs1. The summed E-state index contributed by atoms with van der Waals surface area (Å²) >= 11 is 7.42. The van der Waals surface area contributed by atoms with E-state index in [1.54, 1.807) is 12.1 Å². The first-order valence-electron chi connectivity index (χ1n) is 6.31. The molecule has 0 aliphatic carbocycles. The van der Waals surface area contributed by atoms with Crippen LogP contribution < -0.4 is 0 Å². The van der Waals surface area contributed by atoms with Crippen LogP contribution in [0.25, 0.3) is 0 Å². The molecule has 0 saturated carbocycles. The van der Waals surface area contributed by atoms with Gasteiger partial charge in [-0.1, -0.05) is 29.8 Å². The van der Waals surface area contributed by atoms with E-state index in [0.717, 1.165) is 16.2 Å². The van der Waals surface area contributed by atoms with E-state index in [1.165, 1.54) is 22.0 Å². The Balaban J connectivity index is 1.99. The Hall–Kier alpha value is -1.37. The number of rotatable bonds is 3. The van der Waals surface area contributed by atoms with Crippen LogP contribution in [-0.2, 0) is 10.0 Å². The first kappa shape index (κ1) is 14.6. The van der Waals surface area contributed by atoms with E-state index >= 15 is 0 Å². The highest BCUT2D eigenvalue weighted by molar-refractivity contribution is 7.88. The second kappa shape index (κ2) is 5.44. The zero-order valence-electron chi connectivity index (χ0n) is 11.2. The van der Waals surface area contributed by atoms with E-state index in [4.69, 9.17) is 11.6 Å². The third-order valence-corrected chi connectivity index (χ3v) is 5.50. The van der Waals surface area contributed by atoms with E-state index in [-0.39, 0.29) is 6.04 Å².